The van der Waals surface area contributed by atoms with E-state index in [9.17, 15) is 9.59 Å². The van der Waals surface area contributed by atoms with Gasteiger partial charge < -0.3 is 10.1 Å². The van der Waals surface area contributed by atoms with Crippen LogP contribution in [0.25, 0.3) is 5.57 Å². The van der Waals surface area contributed by atoms with Crippen molar-refractivity contribution < 1.29 is 14.3 Å². The van der Waals surface area contributed by atoms with Gasteiger partial charge in [-0.25, -0.2) is 0 Å². The lowest BCUT2D eigenvalue weighted by atomic mass is 10.0. The molecule has 0 fully saturated rings. The van der Waals surface area contributed by atoms with Crippen molar-refractivity contribution in [1.82, 2.24) is 4.90 Å². The first-order valence-corrected chi connectivity index (χ1v) is 9.50. The maximum absolute atomic E-state index is 13.1. The summed E-state index contributed by atoms with van der Waals surface area (Å²) in [6.45, 7) is 8.44. The van der Waals surface area contributed by atoms with E-state index in [1.54, 1.807) is 0 Å². The Morgan fingerprint density at radius 3 is 2.32 bits per heavy atom. The largest absolute Gasteiger partial charge is 0.377 e. The Morgan fingerprint density at radius 2 is 1.68 bits per heavy atom. The van der Waals surface area contributed by atoms with Gasteiger partial charge in [-0.05, 0) is 56.5 Å². The number of benzene rings is 2. The normalized spacial score (nSPS) is 14.4. The Labute approximate surface area is 166 Å². The average molecular weight is 378 g/mol. The quantitative estimate of drug-likeness (QED) is 0.742. The van der Waals surface area contributed by atoms with Gasteiger partial charge in [0, 0.05) is 5.69 Å². The zero-order chi connectivity index (χ0) is 20.3. The van der Waals surface area contributed by atoms with Gasteiger partial charge in [0.2, 0.25) is 0 Å². The molecule has 0 aliphatic carbocycles. The molecule has 2 aromatic carbocycles. The Hall–Kier alpha value is -2.92. The molecule has 5 nitrogen and oxygen atoms in total. The van der Waals surface area contributed by atoms with Gasteiger partial charge in [0.25, 0.3) is 11.8 Å². The molecular formula is C23H26N2O3. The van der Waals surface area contributed by atoms with E-state index in [1.807, 2.05) is 76.2 Å². The Bertz CT molecular complexity index is 917. The van der Waals surface area contributed by atoms with Gasteiger partial charge >= 0.3 is 0 Å². The summed E-state index contributed by atoms with van der Waals surface area (Å²) >= 11 is 0. The molecule has 0 unspecified atom stereocenters. The summed E-state index contributed by atoms with van der Waals surface area (Å²) < 4.78 is 5.54. The SMILES string of the molecule is Cc1ccc(NC2=C(c3ccccc3)C(=O)N(CCOC(C)C)C2=O)cc1C. The molecule has 5 heteroatoms. The minimum Gasteiger partial charge on any atom is -0.377 e. The van der Waals surface area contributed by atoms with Gasteiger partial charge in [-0.3, -0.25) is 14.5 Å². The molecule has 146 valence electrons. The molecule has 1 aliphatic rings. The molecule has 0 spiro atoms. The van der Waals surface area contributed by atoms with Crippen LogP contribution in [-0.2, 0) is 14.3 Å². The lowest BCUT2D eigenvalue weighted by Crippen LogP contribution is -2.35. The van der Waals surface area contributed by atoms with Crippen LogP contribution in [0.2, 0.25) is 0 Å². The lowest BCUT2D eigenvalue weighted by molar-refractivity contribution is -0.137. The van der Waals surface area contributed by atoms with Gasteiger partial charge in [0.15, 0.2) is 0 Å². The van der Waals surface area contributed by atoms with Crippen molar-refractivity contribution in [3.63, 3.8) is 0 Å². The fourth-order valence-corrected chi connectivity index (χ4v) is 3.11. The molecular weight excluding hydrogens is 352 g/mol. The third-order valence-corrected chi connectivity index (χ3v) is 4.77. The first-order valence-electron chi connectivity index (χ1n) is 9.50. The molecule has 1 heterocycles. The monoisotopic (exact) mass is 378 g/mol. The average Bonchev–Trinajstić information content (AvgIpc) is 2.89. The number of ether oxygens (including phenoxy) is 1. The minimum atomic E-state index is -0.325. The molecule has 28 heavy (non-hydrogen) atoms. The van der Waals surface area contributed by atoms with Crippen LogP contribution in [-0.4, -0.2) is 36.0 Å². The summed E-state index contributed by atoms with van der Waals surface area (Å²) in [6, 6.07) is 15.2. The number of carbonyl (C=O) groups is 2. The van der Waals surface area contributed by atoms with E-state index in [0.717, 1.165) is 16.8 Å². The summed E-state index contributed by atoms with van der Waals surface area (Å²) in [5.74, 6) is -0.621. The molecule has 0 saturated heterocycles. The Morgan fingerprint density at radius 1 is 0.964 bits per heavy atom. The highest BCUT2D eigenvalue weighted by Gasteiger charge is 2.38. The first kappa shape index (κ1) is 19.8. The summed E-state index contributed by atoms with van der Waals surface area (Å²) in [6.07, 6.45) is 0.0440. The third-order valence-electron chi connectivity index (χ3n) is 4.77. The summed E-state index contributed by atoms with van der Waals surface area (Å²) in [5.41, 5.74) is 4.50. The fourth-order valence-electron chi connectivity index (χ4n) is 3.11. The summed E-state index contributed by atoms with van der Waals surface area (Å²) in [5, 5.41) is 3.19. The van der Waals surface area contributed by atoms with E-state index in [2.05, 4.69) is 5.32 Å². The van der Waals surface area contributed by atoms with E-state index < -0.39 is 0 Å². The van der Waals surface area contributed by atoms with E-state index in [4.69, 9.17) is 4.74 Å². The molecule has 2 aromatic rings. The predicted octanol–water partition coefficient (Wildman–Crippen LogP) is 3.92. The Kier molecular flexibility index (Phi) is 5.95. The van der Waals surface area contributed by atoms with Crippen LogP contribution in [0.4, 0.5) is 5.69 Å². The van der Waals surface area contributed by atoms with Crippen molar-refractivity contribution in [3.8, 4) is 0 Å². The van der Waals surface area contributed by atoms with Crippen LogP contribution in [0.3, 0.4) is 0 Å². The molecule has 1 N–H and O–H groups in total. The van der Waals surface area contributed by atoms with Gasteiger partial charge in [0.05, 0.1) is 24.8 Å². The van der Waals surface area contributed by atoms with Gasteiger partial charge in [-0.1, -0.05) is 36.4 Å². The van der Waals surface area contributed by atoms with E-state index in [1.165, 1.54) is 10.5 Å². The zero-order valence-electron chi connectivity index (χ0n) is 16.8. The topological polar surface area (TPSA) is 58.6 Å². The number of anilines is 1. The molecule has 0 aromatic heterocycles. The number of carbonyl (C=O) groups excluding carboxylic acids is 2. The van der Waals surface area contributed by atoms with Crippen molar-refractivity contribution in [3.05, 3.63) is 70.9 Å². The molecule has 0 bridgehead atoms. The van der Waals surface area contributed by atoms with Crippen LogP contribution < -0.4 is 5.32 Å². The summed E-state index contributed by atoms with van der Waals surface area (Å²) in [4.78, 5) is 27.4. The molecule has 3 rings (SSSR count). The highest BCUT2D eigenvalue weighted by atomic mass is 16.5. The molecule has 2 amide bonds. The van der Waals surface area contributed by atoms with Gasteiger partial charge in [-0.15, -0.1) is 0 Å². The minimum absolute atomic E-state index is 0.0440. The fraction of sp³-hybridized carbons (Fsp3) is 0.304. The van der Waals surface area contributed by atoms with Crippen molar-refractivity contribution in [1.29, 1.82) is 0 Å². The highest BCUT2D eigenvalue weighted by molar-refractivity contribution is 6.36. The van der Waals surface area contributed by atoms with Gasteiger partial charge in [0.1, 0.15) is 5.70 Å². The lowest BCUT2D eigenvalue weighted by Gasteiger charge is -2.16. The standard InChI is InChI=1S/C23H26N2O3/c1-15(2)28-13-12-25-22(26)20(18-8-6-5-7-9-18)21(23(25)27)24-19-11-10-16(3)17(4)14-19/h5-11,14-15,24H,12-13H2,1-4H3. The maximum atomic E-state index is 13.1. The highest BCUT2D eigenvalue weighted by Crippen LogP contribution is 2.30. The van der Waals surface area contributed by atoms with Crippen molar-refractivity contribution in [2.45, 2.75) is 33.8 Å². The molecule has 0 radical (unpaired) electrons. The smallest absolute Gasteiger partial charge is 0.278 e. The third kappa shape index (κ3) is 4.15. The Balaban J connectivity index is 1.95. The van der Waals surface area contributed by atoms with Gasteiger partial charge in [-0.2, -0.15) is 0 Å². The number of imide groups is 1. The number of nitrogens with one attached hydrogen (secondary N) is 1. The predicted molar refractivity (Wildman–Crippen MR) is 111 cm³/mol. The van der Waals surface area contributed by atoms with Crippen molar-refractivity contribution in [2.24, 2.45) is 0 Å². The number of aryl methyl sites for hydroxylation is 2. The molecule has 0 saturated carbocycles. The molecule has 0 atom stereocenters. The first-order chi connectivity index (χ1) is 13.4. The second kappa shape index (κ2) is 8.40. The van der Waals surface area contributed by atoms with Crippen LogP contribution in [0.15, 0.2) is 54.2 Å². The number of rotatable bonds is 7. The number of hydrogen-bond donors (Lipinski definition) is 1. The summed E-state index contributed by atoms with van der Waals surface area (Å²) in [7, 11) is 0. The van der Waals surface area contributed by atoms with E-state index in [0.29, 0.717) is 17.9 Å². The van der Waals surface area contributed by atoms with Crippen LogP contribution in [0.1, 0.15) is 30.5 Å². The second-order valence-corrected chi connectivity index (χ2v) is 7.22. The number of hydrogen-bond acceptors (Lipinski definition) is 4. The van der Waals surface area contributed by atoms with E-state index >= 15 is 0 Å². The van der Waals surface area contributed by atoms with Crippen LogP contribution in [0, 0.1) is 13.8 Å². The number of amides is 2. The van der Waals surface area contributed by atoms with Crippen molar-refractivity contribution in [2.75, 3.05) is 18.5 Å². The van der Waals surface area contributed by atoms with Crippen LogP contribution in [0.5, 0.6) is 0 Å². The molecule has 1 aliphatic heterocycles. The maximum Gasteiger partial charge on any atom is 0.278 e. The van der Waals surface area contributed by atoms with E-state index in [-0.39, 0.29) is 24.5 Å². The van der Waals surface area contributed by atoms with Crippen molar-refractivity contribution >= 4 is 23.1 Å². The second-order valence-electron chi connectivity index (χ2n) is 7.22. The zero-order valence-corrected chi connectivity index (χ0v) is 16.8. The van der Waals surface area contributed by atoms with Crippen LogP contribution >= 0.6 is 0 Å². The number of nitrogens with zero attached hydrogens (tertiary/aromatic N) is 1.